The molecule has 8 nitrogen and oxygen atoms in total. The Balaban J connectivity index is 2.06. The number of hydrogen-bond acceptors (Lipinski definition) is 7. The van der Waals surface area contributed by atoms with Crippen molar-refractivity contribution >= 4 is 52.1 Å². The number of nitrogens with one attached hydrogen (secondary N) is 1. The lowest BCUT2D eigenvalue weighted by atomic mass is 10.0. The lowest BCUT2D eigenvalue weighted by Gasteiger charge is -2.20. The molecule has 0 atom stereocenters. The maximum absolute atomic E-state index is 13.1. The van der Waals surface area contributed by atoms with Crippen LogP contribution in [0.15, 0.2) is 40.0 Å². The van der Waals surface area contributed by atoms with E-state index in [2.05, 4.69) is 5.32 Å². The van der Waals surface area contributed by atoms with Crippen LogP contribution in [0.25, 0.3) is 6.08 Å². The van der Waals surface area contributed by atoms with Gasteiger partial charge in [0.25, 0.3) is 11.5 Å². The number of thiocarbonyl (C=S) groups is 1. The first-order valence-corrected chi connectivity index (χ1v) is 12.4. The van der Waals surface area contributed by atoms with Gasteiger partial charge in [0.2, 0.25) is 0 Å². The van der Waals surface area contributed by atoms with Crippen molar-refractivity contribution in [2.24, 2.45) is 0 Å². The van der Waals surface area contributed by atoms with Gasteiger partial charge in [-0.3, -0.25) is 23.9 Å². The van der Waals surface area contributed by atoms with Gasteiger partial charge in [-0.1, -0.05) is 61.2 Å². The van der Waals surface area contributed by atoms with E-state index in [0.717, 1.165) is 17.3 Å². The van der Waals surface area contributed by atoms with Gasteiger partial charge < -0.3 is 10.4 Å². The standard InChI is InChI=1S/C25H26N4O4S2/c1-3-11-28-22(27-15-17-8-5-4-6-9-17)18(16(2)19(14-26)23(28)32)13-20-24(33)29(25(34)35-20)12-7-10-21(30)31/h4-6,8-9,13,27H,3,7,10-12,15H2,1-2H3,(H,30,31)/b20-13+. The van der Waals surface area contributed by atoms with Crippen molar-refractivity contribution < 1.29 is 14.7 Å². The largest absolute Gasteiger partial charge is 0.481 e. The zero-order valence-electron chi connectivity index (χ0n) is 19.5. The Bertz CT molecular complexity index is 1280. The average Bonchev–Trinajstić information content (AvgIpc) is 3.10. The second-order valence-corrected chi connectivity index (χ2v) is 9.68. The van der Waals surface area contributed by atoms with Gasteiger partial charge in [0.05, 0.1) is 4.91 Å². The summed E-state index contributed by atoms with van der Waals surface area (Å²) in [7, 11) is 0. The van der Waals surface area contributed by atoms with E-state index in [4.69, 9.17) is 17.3 Å². The summed E-state index contributed by atoms with van der Waals surface area (Å²) in [6.07, 6.45) is 2.58. The van der Waals surface area contributed by atoms with Gasteiger partial charge in [0.1, 0.15) is 21.8 Å². The predicted octanol–water partition coefficient (Wildman–Crippen LogP) is 4.12. The van der Waals surface area contributed by atoms with Gasteiger partial charge >= 0.3 is 5.97 Å². The van der Waals surface area contributed by atoms with Crippen LogP contribution in [0.3, 0.4) is 0 Å². The van der Waals surface area contributed by atoms with Crippen molar-refractivity contribution in [2.75, 3.05) is 11.9 Å². The molecule has 1 aliphatic heterocycles. The maximum Gasteiger partial charge on any atom is 0.303 e. The quantitative estimate of drug-likeness (QED) is 0.362. The van der Waals surface area contributed by atoms with Crippen molar-refractivity contribution in [3.05, 3.63) is 67.8 Å². The third kappa shape index (κ3) is 5.99. The molecule has 1 aromatic heterocycles. The fraction of sp³-hybridized carbons (Fsp3) is 0.320. The van der Waals surface area contributed by atoms with E-state index < -0.39 is 5.97 Å². The van der Waals surface area contributed by atoms with Crippen LogP contribution in [-0.4, -0.2) is 37.3 Å². The Kier molecular flexibility index (Phi) is 8.84. The zero-order chi connectivity index (χ0) is 25.5. The van der Waals surface area contributed by atoms with E-state index in [1.165, 1.54) is 4.90 Å². The van der Waals surface area contributed by atoms with Crippen LogP contribution >= 0.6 is 24.0 Å². The summed E-state index contributed by atoms with van der Waals surface area (Å²) in [5, 5.41) is 21.9. The number of rotatable bonds is 10. The van der Waals surface area contributed by atoms with Crippen LogP contribution in [0.5, 0.6) is 0 Å². The van der Waals surface area contributed by atoms with Crippen LogP contribution in [0.4, 0.5) is 5.82 Å². The smallest absolute Gasteiger partial charge is 0.303 e. The molecule has 1 aliphatic rings. The van der Waals surface area contributed by atoms with E-state index in [9.17, 15) is 19.6 Å². The zero-order valence-corrected chi connectivity index (χ0v) is 21.2. The second-order valence-electron chi connectivity index (χ2n) is 8.00. The molecule has 0 spiro atoms. The van der Waals surface area contributed by atoms with Crippen molar-refractivity contribution in [1.82, 2.24) is 9.47 Å². The number of pyridine rings is 1. The normalized spacial score (nSPS) is 14.4. The van der Waals surface area contributed by atoms with Gasteiger partial charge in [-0.25, -0.2) is 0 Å². The van der Waals surface area contributed by atoms with Crippen molar-refractivity contribution in [2.45, 2.75) is 46.2 Å². The van der Waals surface area contributed by atoms with Crippen molar-refractivity contribution in [3.63, 3.8) is 0 Å². The fourth-order valence-electron chi connectivity index (χ4n) is 3.78. The number of nitrogens with zero attached hydrogens (tertiary/aromatic N) is 3. The van der Waals surface area contributed by atoms with Crippen LogP contribution in [0.2, 0.25) is 0 Å². The van der Waals surface area contributed by atoms with Crippen LogP contribution in [-0.2, 0) is 22.7 Å². The molecule has 2 aromatic rings. The van der Waals surface area contributed by atoms with E-state index in [1.807, 2.05) is 43.3 Å². The molecule has 1 amide bonds. The molecule has 0 aliphatic carbocycles. The van der Waals surface area contributed by atoms with Crippen LogP contribution in [0, 0.1) is 18.3 Å². The SMILES string of the molecule is CCCn1c(NCc2ccccc2)c(/C=C2/SC(=S)N(CCCC(=O)O)C2=O)c(C)c(C#N)c1=O. The number of hydrogen-bond donors (Lipinski definition) is 2. The van der Waals surface area contributed by atoms with Gasteiger partial charge in [-0.2, -0.15) is 5.26 Å². The number of anilines is 1. The molecule has 0 radical (unpaired) electrons. The van der Waals surface area contributed by atoms with Gasteiger partial charge in [0, 0.05) is 31.6 Å². The van der Waals surface area contributed by atoms with E-state index in [-0.39, 0.29) is 36.4 Å². The molecular formula is C25H26N4O4S2. The topological polar surface area (TPSA) is 115 Å². The van der Waals surface area contributed by atoms with Crippen LogP contribution in [0.1, 0.15) is 48.4 Å². The molecule has 1 fully saturated rings. The first-order chi connectivity index (χ1) is 16.8. The summed E-state index contributed by atoms with van der Waals surface area (Å²) in [6, 6.07) is 11.7. The number of carbonyl (C=O) groups is 2. The Morgan fingerprint density at radius 1 is 1.26 bits per heavy atom. The average molecular weight is 511 g/mol. The van der Waals surface area contributed by atoms with E-state index in [1.54, 1.807) is 17.6 Å². The Morgan fingerprint density at radius 3 is 2.60 bits per heavy atom. The second kappa shape index (κ2) is 11.8. The number of carboxylic acid groups (broad SMARTS) is 1. The Hall–Kier alpha value is -3.42. The van der Waals surface area contributed by atoms with E-state index >= 15 is 0 Å². The van der Waals surface area contributed by atoms with Crippen LogP contribution < -0.4 is 10.9 Å². The summed E-state index contributed by atoms with van der Waals surface area (Å²) >= 11 is 6.49. The first kappa shape index (κ1) is 26.2. The number of benzene rings is 1. The minimum atomic E-state index is -0.932. The number of thioether (sulfide) groups is 1. The molecule has 10 heteroatoms. The molecule has 2 N–H and O–H groups in total. The summed E-state index contributed by atoms with van der Waals surface area (Å²) < 4.78 is 1.90. The highest BCUT2D eigenvalue weighted by atomic mass is 32.2. The van der Waals surface area contributed by atoms with Crippen molar-refractivity contribution in [3.8, 4) is 6.07 Å². The molecule has 0 bridgehead atoms. The molecule has 1 saturated heterocycles. The predicted molar refractivity (Wildman–Crippen MR) is 141 cm³/mol. The van der Waals surface area contributed by atoms with E-state index in [0.29, 0.717) is 45.7 Å². The molecule has 2 heterocycles. The number of amides is 1. The molecule has 1 aromatic carbocycles. The number of aromatic nitrogens is 1. The molecular weight excluding hydrogens is 484 g/mol. The number of carboxylic acids is 1. The third-order valence-electron chi connectivity index (χ3n) is 5.55. The number of nitriles is 1. The highest BCUT2D eigenvalue weighted by Gasteiger charge is 2.32. The highest BCUT2D eigenvalue weighted by molar-refractivity contribution is 8.26. The molecule has 0 unspecified atom stereocenters. The van der Waals surface area contributed by atoms with Gasteiger partial charge in [-0.05, 0) is 37.0 Å². The summed E-state index contributed by atoms with van der Waals surface area (Å²) in [5.41, 5.74) is 1.74. The molecule has 35 heavy (non-hydrogen) atoms. The van der Waals surface area contributed by atoms with Gasteiger partial charge in [0.15, 0.2) is 0 Å². The third-order valence-corrected chi connectivity index (χ3v) is 6.92. The monoisotopic (exact) mass is 510 g/mol. The molecule has 0 saturated carbocycles. The maximum atomic E-state index is 13.1. The Morgan fingerprint density at radius 2 is 1.97 bits per heavy atom. The summed E-state index contributed by atoms with van der Waals surface area (Å²) in [4.78, 5) is 38.8. The first-order valence-electron chi connectivity index (χ1n) is 11.2. The minimum Gasteiger partial charge on any atom is -0.481 e. The fourth-order valence-corrected chi connectivity index (χ4v) is 5.07. The molecule has 3 rings (SSSR count). The number of carbonyl (C=O) groups excluding carboxylic acids is 1. The lowest BCUT2D eigenvalue weighted by Crippen LogP contribution is -2.29. The lowest BCUT2D eigenvalue weighted by molar-refractivity contribution is -0.137. The summed E-state index contributed by atoms with van der Waals surface area (Å²) in [5.74, 6) is -0.711. The van der Waals surface area contributed by atoms with Crippen molar-refractivity contribution in [1.29, 1.82) is 5.26 Å². The van der Waals surface area contributed by atoms with Gasteiger partial charge in [-0.15, -0.1) is 0 Å². The highest BCUT2D eigenvalue weighted by Crippen LogP contribution is 2.35. The molecule has 182 valence electrons. The summed E-state index contributed by atoms with van der Waals surface area (Å²) in [6.45, 7) is 4.71. The Labute approximate surface area is 213 Å². The number of aliphatic carboxylic acids is 1. The minimum absolute atomic E-state index is 0.0342.